The number of ether oxygens (including phenoxy) is 1. The van der Waals surface area contributed by atoms with Crippen molar-refractivity contribution >= 4 is 34.7 Å². The monoisotopic (exact) mass is 256 g/mol. The Balaban J connectivity index is 2.37. The topological polar surface area (TPSA) is 26.3 Å². The van der Waals surface area contributed by atoms with Crippen molar-refractivity contribution in [1.82, 2.24) is 0 Å². The molecule has 1 heterocycles. The molecule has 0 aliphatic carbocycles. The zero-order valence-corrected chi connectivity index (χ0v) is 10.4. The lowest BCUT2D eigenvalue weighted by Crippen LogP contribution is -2.27. The third-order valence-electron chi connectivity index (χ3n) is 2.42. The van der Waals surface area contributed by atoms with Gasteiger partial charge in [0.15, 0.2) is 5.60 Å². The van der Waals surface area contributed by atoms with Crippen LogP contribution in [-0.2, 0) is 9.53 Å². The smallest absolute Gasteiger partial charge is 0.202 e. The van der Waals surface area contributed by atoms with Gasteiger partial charge in [-0.2, -0.15) is 0 Å². The maximum absolute atomic E-state index is 11.6. The standard InChI is InChI=1S/C12H10Cl2O2/c1-12(2)11(15)6-10(16-12)7-3-4-8(13)9(14)5-7/h3-6H,1-2H3. The molecule has 1 aliphatic heterocycles. The van der Waals surface area contributed by atoms with Gasteiger partial charge in [0, 0.05) is 11.6 Å². The Morgan fingerprint density at radius 2 is 1.88 bits per heavy atom. The van der Waals surface area contributed by atoms with E-state index in [1.807, 2.05) is 0 Å². The van der Waals surface area contributed by atoms with Crippen LogP contribution in [0.25, 0.3) is 5.76 Å². The fourth-order valence-electron chi connectivity index (χ4n) is 1.44. The van der Waals surface area contributed by atoms with E-state index in [4.69, 9.17) is 27.9 Å². The zero-order valence-electron chi connectivity index (χ0n) is 8.88. The van der Waals surface area contributed by atoms with E-state index in [9.17, 15) is 4.79 Å². The van der Waals surface area contributed by atoms with Gasteiger partial charge in [0.1, 0.15) is 5.76 Å². The van der Waals surface area contributed by atoms with Gasteiger partial charge in [-0.05, 0) is 32.0 Å². The summed E-state index contributed by atoms with van der Waals surface area (Å²) >= 11 is 11.7. The van der Waals surface area contributed by atoms with Crippen LogP contribution in [0.3, 0.4) is 0 Å². The quantitative estimate of drug-likeness (QED) is 0.766. The lowest BCUT2D eigenvalue weighted by Gasteiger charge is -2.18. The molecule has 2 rings (SSSR count). The summed E-state index contributed by atoms with van der Waals surface area (Å²) in [7, 11) is 0. The van der Waals surface area contributed by atoms with Gasteiger partial charge in [-0.15, -0.1) is 0 Å². The lowest BCUT2D eigenvalue weighted by atomic mass is 10.1. The van der Waals surface area contributed by atoms with Crippen LogP contribution in [0.2, 0.25) is 10.0 Å². The molecule has 0 bridgehead atoms. The second kappa shape index (κ2) is 3.79. The highest BCUT2D eigenvalue weighted by molar-refractivity contribution is 6.42. The molecule has 1 aliphatic rings. The highest BCUT2D eigenvalue weighted by Gasteiger charge is 2.35. The first-order chi connectivity index (χ1) is 7.40. The van der Waals surface area contributed by atoms with Crippen LogP contribution in [-0.4, -0.2) is 11.4 Å². The van der Waals surface area contributed by atoms with Crippen molar-refractivity contribution in [2.75, 3.05) is 0 Å². The molecule has 1 aromatic rings. The maximum atomic E-state index is 11.6. The third-order valence-corrected chi connectivity index (χ3v) is 3.16. The van der Waals surface area contributed by atoms with Crippen LogP contribution >= 0.6 is 23.2 Å². The number of ketones is 1. The Morgan fingerprint density at radius 1 is 1.19 bits per heavy atom. The highest BCUT2D eigenvalue weighted by Crippen LogP contribution is 2.33. The van der Waals surface area contributed by atoms with Crippen molar-refractivity contribution < 1.29 is 9.53 Å². The van der Waals surface area contributed by atoms with E-state index < -0.39 is 5.60 Å². The molecule has 0 amide bonds. The zero-order chi connectivity index (χ0) is 11.9. The van der Waals surface area contributed by atoms with Crippen molar-refractivity contribution in [2.24, 2.45) is 0 Å². The fourth-order valence-corrected chi connectivity index (χ4v) is 1.74. The maximum Gasteiger partial charge on any atom is 0.202 e. The molecular weight excluding hydrogens is 247 g/mol. The van der Waals surface area contributed by atoms with Gasteiger partial charge in [-0.1, -0.05) is 23.2 Å². The largest absolute Gasteiger partial charge is 0.479 e. The Morgan fingerprint density at radius 3 is 2.38 bits per heavy atom. The summed E-state index contributed by atoms with van der Waals surface area (Å²) in [5, 5.41) is 0.926. The Labute approximate surface area is 104 Å². The average Bonchev–Trinajstić information content (AvgIpc) is 2.46. The number of carbonyl (C=O) groups excluding carboxylic acids is 1. The average molecular weight is 257 g/mol. The van der Waals surface area contributed by atoms with Gasteiger partial charge in [0.25, 0.3) is 0 Å². The second-order valence-electron chi connectivity index (χ2n) is 4.11. The van der Waals surface area contributed by atoms with Crippen molar-refractivity contribution in [3.63, 3.8) is 0 Å². The van der Waals surface area contributed by atoms with Gasteiger partial charge in [0.05, 0.1) is 10.0 Å². The normalized spacial score (nSPS) is 18.2. The number of hydrogen-bond acceptors (Lipinski definition) is 2. The van der Waals surface area contributed by atoms with Gasteiger partial charge >= 0.3 is 0 Å². The van der Waals surface area contributed by atoms with Gasteiger partial charge in [-0.25, -0.2) is 0 Å². The van der Waals surface area contributed by atoms with Gasteiger partial charge in [-0.3, -0.25) is 4.79 Å². The van der Waals surface area contributed by atoms with Crippen LogP contribution in [0.15, 0.2) is 24.3 Å². The molecular formula is C12H10Cl2O2. The van der Waals surface area contributed by atoms with E-state index in [0.29, 0.717) is 15.8 Å². The summed E-state index contributed by atoms with van der Waals surface area (Å²) in [6, 6.07) is 5.14. The van der Waals surface area contributed by atoms with Crippen molar-refractivity contribution in [3.05, 3.63) is 39.9 Å². The minimum absolute atomic E-state index is 0.0476. The molecule has 0 aromatic heterocycles. The number of halogens is 2. The molecule has 0 N–H and O–H groups in total. The number of hydrogen-bond donors (Lipinski definition) is 0. The van der Waals surface area contributed by atoms with Crippen molar-refractivity contribution in [3.8, 4) is 0 Å². The Hall–Kier alpha value is -0.990. The summed E-state index contributed by atoms with van der Waals surface area (Å²) in [5.41, 5.74) is -0.0325. The van der Waals surface area contributed by atoms with Crippen LogP contribution < -0.4 is 0 Å². The summed E-state index contributed by atoms with van der Waals surface area (Å²) in [6.45, 7) is 3.46. The van der Waals surface area contributed by atoms with E-state index >= 15 is 0 Å². The van der Waals surface area contributed by atoms with Crippen LogP contribution in [0, 0.1) is 0 Å². The molecule has 0 spiro atoms. The Kier molecular flexibility index (Phi) is 2.72. The van der Waals surface area contributed by atoms with Crippen LogP contribution in [0.4, 0.5) is 0 Å². The second-order valence-corrected chi connectivity index (χ2v) is 4.93. The highest BCUT2D eigenvalue weighted by atomic mass is 35.5. The first-order valence-corrected chi connectivity index (χ1v) is 5.56. The molecule has 84 valence electrons. The Bertz CT molecular complexity index is 490. The van der Waals surface area contributed by atoms with Crippen LogP contribution in [0.5, 0.6) is 0 Å². The number of benzene rings is 1. The summed E-state index contributed by atoms with van der Waals surface area (Å²) in [6.07, 6.45) is 1.49. The SMILES string of the molecule is CC1(C)OC(c2ccc(Cl)c(Cl)c2)=CC1=O. The van der Waals surface area contributed by atoms with E-state index in [1.54, 1.807) is 32.0 Å². The number of carbonyl (C=O) groups is 1. The molecule has 0 saturated carbocycles. The van der Waals surface area contributed by atoms with Crippen molar-refractivity contribution in [1.29, 1.82) is 0 Å². The molecule has 0 unspecified atom stereocenters. The molecule has 2 nitrogen and oxygen atoms in total. The minimum Gasteiger partial charge on any atom is -0.479 e. The predicted molar refractivity (Wildman–Crippen MR) is 64.6 cm³/mol. The number of rotatable bonds is 1. The minimum atomic E-state index is -0.790. The fraction of sp³-hybridized carbons (Fsp3) is 0.250. The molecule has 0 saturated heterocycles. The van der Waals surface area contributed by atoms with E-state index in [2.05, 4.69) is 0 Å². The first-order valence-electron chi connectivity index (χ1n) is 4.81. The predicted octanol–water partition coefficient (Wildman–Crippen LogP) is 3.71. The summed E-state index contributed by atoms with van der Waals surface area (Å²) in [4.78, 5) is 11.6. The van der Waals surface area contributed by atoms with Gasteiger partial charge < -0.3 is 4.74 Å². The molecule has 0 fully saturated rings. The lowest BCUT2D eigenvalue weighted by molar-refractivity contribution is -0.125. The first kappa shape index (κ1) is 11.5. The van der Waals surface area contributed by atoms with E-state index in [-0.39, 0.29) is 5.78 Å². The van der Waals surface area contributed by atoms with E-state index in [1.165, 1.54) is 6.08 Å². The molecule has 0 atom stereocenters. The van der Waals surface area contributed by atoms with Gasteiger partial charge in [0.2, 0.25) is 5.78 Å². The third kappa shape index (κ3) is 1.95. The molecule has 16 heavy (non-hydrogen) atoms. The molecule has 1 aromatic carbocycles. The summed E-state index contributed by atoms with van der Waals surface area (Å²) < 4.78 is 5.55. The van der Waals surface area contributed by atoms with Crippen molar-refractivity contribution in [2.45, 2.75) is 19.4 Å². The summed E-state index contributed by atoms with van der Waals surface area (Å²) in [5.74, 6) is 0.488. The van der Waals surface area contributed by atoms with Crippen LogP contribution in [0.1, 0.15) is 19.4 Å². The van der Waals surface area contributed by atoms with E-state index in [0.717, 1.165) is 5.56 Å². The molecule has 0 radical (unpaired) electrons. The molecule has 4 heteroatoms.